The van der Waals surface area contributed by atoms with Crippen molar-refractivity contribution < 1.29 is 13.9 Å². The molecule has 0 atom stereocenters. The molecule has 3 rings (SSSR count). The highest BCUT2D eigenvalue weighted by molar-refractivity contribution is 5.92. The van der Waals surface area contributed by atoms with Gasteiger partial charge in [-0.15, -0.1) is 0 Å². The highest BCUT2D eigenvalue weighted by Gasteiger charge is 2.09. The van der Waals surface area contributed by atoms with E-state index >= 15 is 0 Å². The molecule has 0 fully saturated rings. The minimum atomic E-state index is -0.320. The number of nitrogens with one attached hydrogen (secondary N) is 2. The van der Waals surface area contributed by atoms with E-state index in [1.807, 2.05) is 24.3 Å². The zero-order chi connectivity index (χ0) is 19.8. The monoisotopic (exact) mass is 380 g/mol. The van der Waals surface area contributed by atoms with Gasteiger partial charge in [0, 0.05) is 19.3 Å². The fourth-order valence-electron chi connectivity index (χ4n) is 2.66. The number of rotatable bonds is 8. The van der Waals surface area contributed by atoms with Gasteiger partial charge in [-0.05, 0) is 41.8 Å². The number of hydrogen-bond donors (Lipinski definition) is 2. The number of hydrogen-bond acceptors (Lipinski definition) is 5. The van der Waals surface area contributed by atoms with E-state index in [4.69, 9.17) is 4.74 Å². The van der Waals surface area contributed by atoms with Crippen LogP contribution in [0.15, 0.2) is 60.8 Å². The first-order chi connectivity index (χ1) is 13.7. The first-order valence-electron chi connectivity index (χ1n) is 8.87. The van der Waals surface area contributed by atoms with E-state index < -0.39 is 0 Å². The zero-order valence-electron chi connectivity index (χ0n) is 15.5. The summed E-state index contributed by atoms with van der Waals surface area (Å²) in [5.74, 6) is 0.581. The molecule has 0 aliphatic rings. The Kier molecular flexibility index (Phi) is 6.51. The number of halogens is 1. The summed E-state index contributed by atoms with van der Waals surface area (Å²) < 4.78 is 18.3. The highest BCUT2D eigenvalue weighted by atomic mass is 19.1. The smallest absolute Gasteiger partial charge is 0.270 e. The topological polar surface area (TPSA) is 76.1 Å². The molecule has 2 N–H and O–H groups in total. The lowest BCUT2D eigenvalue weighted by Gasteiger charge is -2.10. The number of nitrogens with zero attached hydrogens (tertiary/aromatic N) is 2. The second kappa shape index (κ2) is 9.45. The zero-order valence-corrected chi connectivity index (χ0v) is 15.5. The normalized spacial score (nSPS) is 10.4. The minimum absolute atomic E-state index is 0.261. The molecule has 0 bridgehead atoms. The fraction of sp³-hybridized carbons (Fsp3) is 0.190. The lowest BCUT2D eigenvalue weighted by molar-refractivity contribution is 0.0946. The van der Waals surface area contributed by atoms with Crippen LogP contribution in [0.2, 0.25) is 0 Å². The Morgan fingerprint density at radius 1 is 1.11 bits per heavy atom. The van der Waals surface area contributed by atoms with Gasteiger partial charge in [0.15, 0.2) is 0 Å². The van der Waals surface area contributed by atoms with Crippen LogP contribution in [-0.4, -0.2) is 29.5 Å². The van der Waals surface area contributed by atoms with Crippen molar-refractivity contribution in [3.05, 3.63) is 83.4 Å². The molecule has 1 aromatic heterocycles. The SMILES string of the molecule is COc1ccccc1CCNc1nccc(C(=O)NCc2ccc(F)cc2)n1. The van der Waals surface area contributed by atoms with E-state index in [0.717, 1.165) is 23.3 Å². The summed E-state index contributed by atoms with van der Waals surface area (Å²) in [5, 5.41) is 5.88. The molecule has 1 heterocycles. The number of ether oxygens (including phenoxy) is 1. The van der Waals surface area contributed by atoms with Crippen LogP contribution < -0.4 is 15.4 Å². The van der Waals surface area contributed by atoms with Crippen molar-refractivity contribution in [1.82, 2.24) is 15.3 Å². The maximum atomic E-state index is 12.9. The van der Waals surface area contributed by atoms with Gasteiger partial charge < -0.3 is 15.4 Å². The Bertz CT molecular complexity index is 932. The summed E-state index contributed by atoms with van der Waals surface area (Å²) >= 11 is 0. The third-order valence-electron chi connectivity index (χ3n) is 4.12. The van der Waals surface area contributed by atoms with Crippen LogP contribution in [0.25, 0.3) is 0 Å². The third-order valence-corrected chi connectivity index (χ3v) is 4.12. The lowest BCUT2D eigenvalue weighted by atomic mass is 10.1. The van der Waals surface area contributed by atoms with Gasteiger partial charge >= 0.3 is 0 Å². The summed E-state index contributed by atoms with van der Waals surface area (Å²) in [6.07, 6.45) is 2.26. The molecule has 2 aromatic carbocycles. The Morgan fingerprint density at radius 2 is 1.89 bits per heavy atom. The maximum absolute atomic E-state index is 12.9. The first kappa shape index (κ1) is 19.3. The lowest BCUT2D eigenvalue weighted by Crippen LogP contribution is -2.24. The van der Waals surface area contributed by atoms with E-state index in [-0.39, 0.29) is 17.4 Å². The average molecular weight is 380 g/mol. The van der Waals surface area contributed by atoms with E-state index in [1.54, 1.807) is 25.3 Å². The molecule has 0 spiro atoms. The van der Waals surface area contributed by atoms with Crippen LogP contribution in [0.4, 0.5) is 10.3 Å². The molecule has 6 nitrogen and oxygen atoms in total. The molecule has 0 aliphatic carbocycles. The van der Waals surface area contributed by atoms with Gasteiger partial charge in [-0.1, -0.05) is 30.3 Å². The van der Waals surface area contributed by atoms with Crippen LogP contribution in [0, 0.1) is 5.82 Å². The van der Waals surface area contributed by atoms with Gasteiger partial charge in [0.2, 0.25) is 5.95 Å². The molecule has 0 unspecified atom stereocenters. The van der Waals surface area contributed by atoms with Gasteiger partial charge in [-0.2, -0.15) is 0 Å². The number of aromatic nitrogens is 2. The number of amides is 1. The Morgan fingerprint density at radius 3 is 2.68 bits per heavy atom. The summed E-state index contributed by atoms with van der Waals surface area (Å²) in [7, 11) is 1.64. The van der Waals surface area contributed by atoms with Gasteiger partial charge in [-0.3, -0.25) is 4.79 Å². The van der Waals surface area contributed by atoms with Gasteiger partial charge in [0.05, 0.1) is 7.11 Å². The van der Waals surface area contributed by atoms with E-state index in [0.29, 0.717) is 19.0 Å². The van der Waals surface area contributed by atoms with Crippen molar-refractivity contribution in [3.8, 4) is 5.75 Å². The molecule has 7 heteroatoms. The third kappa shape index (κ3) is 5.26. The molecule has 28 heavy (non-hydrogen) atoms. The Labute approximate surface area is 162 Å². The van der Waals surface area contributed by atoms with Crippen molar-refractivity contribution in [2.24, 2.45) is 0 Å². The number of carbonyl (C=O) groups is 1. The Balaban J connectivity index is 1.54. The second-order valence-corrected chi connectivity index (χ2v) is 6.06. The van der Waals surface area contributed by atoms with E-state index in [2.05, 4.69) is 20.6 Å². The van der Waals surface area contributed by atoms with Crippen LogP contribution in [-0.2, 0) is 13.0 Å². The summed E-state index contributed by atoms with van der Waals surface area (Å²) in [6, 6.07) is 15.3. The molecule has 1 amide bonds. The number of anilines is 1. The summed E-state index contributed by atoms with van der Waals surface area (Å²) in [5.41, 5.74) is 2.14. The van der Waals surface area contributed by atoms with Crippen molar-refractivity contribution in [2.45, 2.75) is 13.0 Å². The number of para-hydroxylation sites is 1. The fourth-order valence-corrected chi connectivity index (χ4v) is 2.66. The van der Waals surface area contributed by atoms with Crippen LogP contribution in [0.3, 0.4) is 0 Å². The highest BCUT2D eigenvalue weighted by Crippen LogP contribution is 2.17. The van der Waals surface area contributed by atoms with Crippen molar-refractivity contribution >= 4 is 11.9 Å². The number of carbonyl (C=O) groups excluding carboxylic acids is 1. The number of methoxy groups -OCH3 is 1. The summed E-state index contributed by atoms with van der Waals surface area (Å²) in [4.78, 5) is 20.7. The molecule has 0 saturated carbocycles. The van der Waals surface area contributed by atoms with Crippen molar-refractivity contribution in [2.75, 3.05) is 19.0 Å². The van der Waals surface area contributed by atoms with Crippen LogP contribution >= 0.6 is 0 Å². The van der Waals surface area contributed by atoms with Gasteiger partial charge in [-0.25, -0.2) is 14.4 Å². The largest absolute Gasteiger partial charge is 0.496 e. The molecule has 0 saturated heterocycles. The van der Waals surface area contributed by atoms with Crippen molar-refractivity contribution in [1.29, 1.82) is 0 Å². The van der Waals surface area contributed by atoms with Gasteiger partial charge in [0.1, 0.15) is 17.3 Å². The predicted molar refractivity (Wildman–Crippen MR) is 105 cm³/mol. The molecular weight excluding hydrogens is 359 g/mol. The maximum Gasteiger partial charge on any atom is 0.270 e. The summed E-state index contributed by atoms with van der Waals surface area (Å²) in [6.45, 7) is 0.890. The second-order valence-electron chi connectivity index (χ2n) is 6.06. The van der Waals surface area contributed by atoms with Crippen molar-refractivity contribution in [3.63, 3.8) is 0 Å². The van der Waals surface area contributed by atoms with E-state index in [9.17, 15) is 9.18 Å². The number of benzene rings is 2. The quantitative estimate of drug-likeness (QED) is 0.628. The predicted octanol–water partition coefficient (Wildman–Crippen LogP) is 3.21. The molecule has 3 aromatic rings. The molecule has 144 valence electrons. The standard InChI is InChI=1S/C21H21FN4O2/c1-28-19-5-3-2-4-16(19)10-12-23-21-24-13-11-18(26-21)20(27)25-14-15-6-8-17(22)9-7-15/h2-9,11,13H,10,12,14H2,1H3,(H,25,27)(H,23,24,26). The Hall–Kier alpha value is -3.48. The average Bonchev–Trinajstić information content (AvgIpc) is 2.73. The minimum Gasteiger partial charge on any atom is -0.496 e. The first-order valence-corrected chi connectivity index (χ1v) is 8.87. The molecule has 0 radical (unpaired) electrons. The van der Waals surface area contributed by atoms with E-state index in [1.165, 1.54) is 18.3 Å². The molecule has 0 aliphatic heterocycles. The van der Waals surface area contributed by atoms with Crippen LogP contribution in [0.5, 0.6) is 5.75 Å². The molecular formula is C21H21FN4O2. The van der Waals surface area contributed by atoms with Crippen LogP contribution in [0.1, 0.15) is 21.6 Å². The van der Waals surface area contributed by atoms with Gasteiger partial charge in [0.25, 0.3) is 5.91 Å².